The summed E-state index contributed by atoms with van der Waals surface area (Å²) in [7, 11) is 1.99. The molecule has 0 bridgehead atoms. The molecule has 0 unspecified atom stereocenters. The Kier molecular flexibility index (Phi) is 4.19. The summed E-state index contributed by atoms with van der Waals surface area (Å²) >= 11 is 0. The molecule has 0 spiro atoms. The van der Waals surface area contributed by atoms with Gasteiger partial charge < -0.3 is 9.64 Å². The molecule has 1 heterocycles. The van der Waals surface area contributed by atoms with Gasteiger partial charge in [0, 0.05) is 6.04 Å². The van der Waals surface area contributed by atoms with Crippen LogP contribution < -0.4 is 4.74 Å². The summed E-state index contributed by atoms with van der Waals surface area (Å²) in [5.41, 5.74) is -0.917. The first-order valence-corrected chi connectivity index (χ1v) is 6.36. The molecule has 0 radical (unpaired) electrons. The topological polar surface area (TPSA) is 36.3 Å². The smallest absolute Gasteiger partial charge is 0.416 e. The van der Waals surface area contributed by atoms with Crippen molar-refractivity contribution in [2.45, 2.75) is 25.1 Å². The van der Waals surface area contributed by atoms with Crippen molar-refractivity contribution in [2.75, 3.05) is 20.2 Å². The Labute approximate surface area is 115 Å². The second-order valence-electron chi connectivity index (χ2n) is 4.91. The van der Waals surface area contributed by atoms with E-state index in [2.05, 4.69) is 4.90 Å². The first kappa shape index (κ1) is 14.7. The highest BCUT2D eigenvalue weighted by Gasteiger charge is 2.31. The van der Waals surface area contributed by atoms with Gasteiger partial charge in [-0.3, -0.25) is 0 Å². The SMILES string of the molecule is CN1CCC[C@H]1COc1ccc(C(F)(F)F)cc1C#N. The van der Waals surface area contributed by atoms with Crippen LogP contribution in [0.4, 0.5) is 13.2 Å². The lowest BCUT2D eigenvalue weighted by molar-refractivity contribution is -0.137. The van der Waals surface area contributed by atoms with Crippen LogP contribution in [-0.4, -0.2) is 31.1 Å². The van der Waals surface area contributed by atoms with E-state index in [0.717, 1.165) is 31.5 Å². The number of likely N-dealkylation sites (tertiary alicyclic amines) is 1. The zero-order chi connectivity index (χ0) is 14.8. The summed E-state index contributed by atoms with van der Waals surface area (Å²) in [6.07, 6.45) is -2.36. The van der Waals surface area contributed by atoms with Crippen LogP contribution in [-0.2, 0) is 6.18 Å². The number of rotatable bonds is 3. The first-order valence-electron chi connectivity index (χ1n) is 6.36. The van der Waals surface area contributed by atoms with E-state index in [1.165, 1.54) is 6.07 Å². The van der Waals surface area contributed by atoms with Gasteiger partial charge in [-0.25, -0.2) is 0 Å². The molecular formula is C14H15F3N2O. The van der Waals surface area contributed by atoms with Crippen molar-refractivity contribution < 1.29 is 17.9 Å². The van der Waals surface area contributed by atoms with Gasteiger partial charge >= 0.3 is 6.18 Å². The molecule has 0 aliphatic carbocycles. The zero-order valence-electron chi connectivity index (χ0n) is 11.1. The van der Waals surface area contributed by atoms with E-state index < -0.39 is 11.7 Å². The highest BCUT2D eigenvalue weighted by atomic mass is 19.4. The molecular weight excluding hydrogens is 269 g/mol. The summed E-state index contributed by atoms with van der Waals surface area (Å²) in [5.74, 6) is 0.209. The Morgan fingerprint density at radius 1 is 1.45 bits per heavy atom. The molecule has 3 nitrogen and oxygen atoms in total. The van der Waals surface area contributed by atoms with E-state index in [1.807, 2.05) is 7.05 Å². The van der Waals surface area contributed by atoms with Crippen molar-refractivity contribution in [3.05, 3.63) is 29.3 Å². The maximum atomic E-state index is 12.6. The van der Waals surface area contributed by atoms with E-state index in [4.69, 9.17) is 10.00 Å². The molecule has 2 rings (SSSR count). The molecule has 20 heavy (non-hydrogen) atoms. The number of hydrogen-bond donors (Lipinski definition) is 0. The van der Waals surface area contributed by atoms with Gasteiger partial charge in [0.1, 0.15) is 18.4 Å². The van der Waals surface area contributed by atoms with Gasteiger partial charge in [-0.2, -0.15) is 18.4 Å². The molecule has 1 aliphatic rings. The lowest BCUT2D eigenvalue weighted by Crippen LogP contribution is -2.30. The van der Waals surface area contributed by atoms with E-state index in [0.29, 0.717) is 6.61 Å². The number of alkyl halides is 3. The van der Waals surface area contributed by atoms with Gasteiger partial charge in [-0.1, -0.05) is 0 Å². The zero-order valence-corrected chi connectivity index (χ0v) is 11.1. The molecule has 1 saturated heterocycles. The van der Waals surface area contributed by atoms with E-state index in [9.17, 15) is 13.2 Å². The van der Waals surface area contributed by atoms with Crippen molar-refractivity contribution in [2.24, 2.45) is 0 Å². The molecule has 0 N–H and O–H groups in total. The summed E-state index contributed by atoms with van der Waals surface area (Å²) in [4.78, 5) is 2.15. The third kappa shape index (κ3) is 3.23. The fraction of sp³-hybridized carbons (Fsp3) is 0.500. The Morgan fingerprint density at radius 3 is 2.75 bits per heavy atom. The van der Waals surface area contributed by atoms with Crippen LogP contribution in [0, 0.1) is 11.3 Å². The third-order valence-electron chi connectivity index (χ3n) is 3.53. The van der Waals surface area contributed by atoms with Crippen LogP contribution in [0.25, 0.3) is 0 Å². The number of nitriles is 1. The molecule has 0 amide bonds. The van der Waals surface area contributed by atoms with Crippen molar-refractivity contribution in [1.29, 1.82) is 5.26 Å². The van der Waals surface area contributed by atoms with Gasteiger partial charge in [0.25, 0.3) is 0 Å². The van der Waals surface area contributed by atoms with Gasteiger partial charge in [-0.05, 0) is 44.6 Å². The predicted octanol–water partition coefficient (Wildman–Crippen LogP) is 3.05. The van der Waals surface area contributed by atoms with Crippen LogP contribution in [0.3, 0.4) is 0 Å². The fourth-order valence-electron chi connectivity index (χ4n) is 2.30. The summed E-state index contributed by atoms with van der Waals surface area (Å²) in [6, 6.07) is 4.99. The van der Waals surface area contributed by atoms with Crippen molar-refractivity contribution in [3.8, 4) is 11.8 Å². The summed E-state index contributed by atoms with van der Waals surface area (Å²) < 4.78 is 43.2. The van der Waals surface area contributed by atoms with E-state index in [1.54, 1.807) is 6.07 Å². The van der Waals surface area contributed by atoms with Crippen molar-refractivity contribution in [1.82, 2.24) is 4.90 Å². The van der Waals surface area contributed by atoms with Crippen LogP contribution in [0.5, 0.6) is 5.75 Å². The maximum Gasteiger partial charge on any atom is 0.416 e. The third-order valence-corrected chi connectivity index (χ3v) is 3.53. The molecule has 1 fully saturated rings. The molecule has 1 atom stereocenters. The van der Waals surface area contributed by atoms with Crippen LogP contribution in [0.2, 0.25) is 0 Å². The lowest BCUT2D eigenvalue weighted by Gasteiger charge is -2.20. The molecule has 108 valence electrons. The molecule has 1 aromatic carbocycles. The average Bonchev–Trinajstić information content (AvgIpc) is 2.80. The largest absolute Gasteiger partial charge is 0.491 e. The number of ether oxygens (including phenoxy) is 1. The minimum absolute atomic E-state index is 0.0829. The first-order chi connectivity index (χ1) is 9.41. The summed E-state index contributed by atoms with van der Waals surface area (Å²) in [6.45, 7) is 1.38. The van der Waals surface area contributed by atoms with Crippen LogP contribution in [0.1, 0.15) is 24.0 Å². The Hall–Kier alpha value is -1.74. The monoisotopic (exact) mass is 284 g/mol. The Balaban J connectivity index is 2.10. The Morgan fingerprint density at radius 2 is 2.20 bits per heavy atom. The second kappa shape index (κ2) is 5.71. The van der Waals surface area contributed by atoms with Gasteiger partial charge in [-0.15, -0.1) is 0 Å². The molecule has 0 saturated carbocycles. The van der Waals surface area contributed by atoms with Crippen LogP contribution in [0.15, 0.2) is 18.2 Å². The Bertz CT molecular complexity index is 522. The predicted molar refractivity (Wildman–Crippen MR) is 67.3 cm³/mol. The van der Waals surface area contributed by atoms with E-state index in [-0.39, 0.29) is 17.4 Å². The number of hydrogen-bond acceptors (Lipinski definition) is 3. The molecule has 0 aromatic heterocycles. The van der Waals surface area contributed by atoms with E-state index >= 15 is 0 Å². The highest BCUT2D eigenvalue weighted by molar-refractivity contribution is 5.46. The minimum atomic E-state index is -4.45. The van der Waals surface area contributed by atoms with Crippen LogP contribution >= 0.6 is 0 Å². The number of nitrogens with zero attached hydrogens (tertiary/aromatic N) is 2. The van der Waals surface area contributed by atoms with Gasteiger partial charge in [0.05, 0.1) is 11.1 Å². The number of likely N-dealkylation sites (N-methyl/N-ethyl adjacent to an activating group) is 1. The second-order valence-corrected chi connectivity index (χ2v) is 4.91. The van der Waals surface area contributed by atoms with Gasteiger partial charge in [0.15, 0.2) is 0 Å². The van der Waals surface area contributed by atoms with Crippen molar-refractivity contribution in [3.63, 3.8) is 0 Å². The fourth-order valence-corrected chi connectivity index (χ4v) is 2.30. The average molecular weight is 284 g/mol. The minimum Gasteiger partial charge on any atom is -0.491 e. The van der Waals surface area contributed by atoms with Gasteiger partial charge in [0.2, 0.25) is 0 Å². The normalized spacial score (nSPS) is 19.9. The molecule has 1 aromatic rings. The number of benzene rings is 1. The quantitative estimate of drug-likeness (QED) is 0.856. The molecule has 1 aliphatic heterocycles. The lowest BCUT2D eigenvalue weighted by atomic mass is 10.1. The standard InChI is InChI=1S/C14H15F3N2O/c1-19-6-2-3-12(19)9-20-13-5-4-11(14(15,16)17)7-10(13)8-18/h4-5,7,12H,2-3,6,9H2,1H3/t12-/m0/s1. The van der Waals surface area contributed by atoms with Crippen molar-refractivity contribution >= 4 is 0 Å². The summed E-state index contributed by atoms with van der Waals surface area (Å²) in [5, 5.41) is 8.94. The maximum absolute atomic E-state index is 12.6. The number of halogens is 3. The molecule has 6 heteroatoms. The highest BCUT2D eigenvalue weighted by Crippen LogP contribution is 2.32.